The van der Waals surface area contributed by atoms with Crippen molar-refractivity contribution < 1.29 is 0 Å². The Morgan fingerprint density at radius 3 is 2.21 bits per heavy atom. The molecular weight excluding hydrogens is 290 g/mol. The Hall–Kier alpha value is -2.41. The van der Waals surface area contributed by atoms with Gasteiger partial charge in [0.1, 0.15) is 0 Å². The van der Waals surface area contributed by atoms with Crippen molar-refractivity contribution in [3.05, 3.63) is 77.5 Å². The topological polar surface area (TPSA) is 12.9 Å². The van der Waals surface area contributed by atoms with Gasteiger partial charge < -0.3 is 0 Å². The first-order valence-corrected chi connectivity index (χ1v) is 8.50. The van der Waals surface area contributed by atoms with E-state index < -0.39 is 0 Å². The highest BCUT2D eigenvalue weighted by Crippen LogP contribution is 2.34. The zero-order valence-corrected chi connectivity index (χ0v) is 15.2. The molecule has 0 N–H and O–H groups in total. The average molecular weight is 315 g/mol. The maximum atomic E-state index is 4.53. The molecule has 0 saturated heterocycles. The van der Waals surface area contributed by atoms with E-state index in [0.29, 0.717) is 0 Å². The Morgan fingerprint density at radius 1 is 0.792 bits per heavy atom. The Labute approximate surface area is 145 Å². The van der Waals surface area contributed by atoms with Crippen molar-refractivity contribution in [1.82, 2.24) is 4.98 Å². The highest BCUT2D eigenvalue weighted by molar-refractivity contribution is 5.74. The SMILES string of the molecule is Cc1ccnc(-c2ccc(-c3ccccc3C(C)(C)C)cc2C)c1. The number of hydrogen-bond donors (Lipinski definition) is 0. The third kappa shape index (κ3) is 3.26. The Balaban J connectivity index is 2.09. The molecule has 0 spiro atoms. The predicted molar refractivity (Wildman–Crippen MR) is 103 cm³/mol. The molecule has 0 aliphatic carbocycles. The zero-order valence-electron chi connectivity index (χ0n) is 15.2. The van der Waals surface area contributed by atoms with E-state index in [1.807, 2.05) is 12.3 Å². The number of rotatable bonds is 2. The number of benzene rings is 2. The summed E-state index contributed by atoms with van der Waals surface area (Å²) >= 11 is 0. The molecule has 1 nitrogen and oxygen atoms in total. The van der Waals surface area contributed by atoms with Crippen LogP contribution in [-0.2, 0) is 5.41 Å². The van der Waals surface area contributed by atoms with Gasteiger partial charge in [0.15, 0.2) is 0 Å². The maximum absolute atomic E-state index is 4.53. The van der Waals surface area contributed by atoms with E-state index in [2.05, 4.69) is 88.1 Å². The molecule has 3 aromatic rings. The smallest absolute Gasteiger partial charge is 0.0707 e. The molecule has 122 valence electrons. The summed E-state index contributed by atoms with van der Waals surface area (Å²) < 4.78 is 0. The second kappa shape index (κ2) is 6.24. The van der Waals surface area contributed by atoms with Gasteiger partial charge in [0, 0.05) is 11.8 Å². The van der Waals surface area contributed by atoms with Gasteiger partial charge in [0.2, 0.25) is 0 Å². The second-order valence-corrected chi connectivity index (χ2v) is 7.54. The van der Waals surface area contributed by atoms with E-state index in [4.69, 9.17) is 0 Å². The van der Waals surface area contributed by atoms with E-state index in [1.54, 1.807) is 0 Å². The van der Waals surface area contributed by atoms with Crippen LogP contribution >= 0.6 is 0 Å². The normalized spacial score (nSPS) is 11.5. The summed E-state index contributed by atoms with van der Waals surface area (Å²) in [4.78, 5) is 4.53. The lowest BCUT2D eigenvalue weighted by Crippen LogP contribution is -2.12. The maximum Gasteiger partial charge on any atom is 0.0707 e. The number of aryl methyl sites for hydroxylation is 2. The fourth-order valence-electron chi connectivity index (χ4n) is 3.19. The number of hydrogen-bond acceptors (Lipinski definition) is 1. The van der Waals surface area contributed by atoms with Gasteiger partial charge in [-0.25, -0.2) is 0 Å². The molecular formula is C23H25N. The van der Waals surface area contributed by atoms with Gasteiger partial charge in [-0.2, -0.15) is 0 Å². The molecule has 0 amide bonds. The molecule has 2 aromatic carbocycles. The molecule has 0 aliphatic rings. The molecule has 0 saturated carbocycles. The Bertz CT molecular complexity index is 869. The lowest BCUT2D eigenvalue weighted by Gasteiger charge is -2.23. The van der Waals surface area contributed by atoms with Crippen molar-refractivity contribution in [2.45, 2.75) is 40.0 Å². The average Bonchev–Trinajstić information content (AvgIpc) is 2.54. The van der Waals surface area contributed by atoms with E-state index in [0.717, 1.165) is 5.69 Å². The van der Waals surface area contributed by atoms with E-state index in [9.17, 15) is 0 Å². The molecule has 1 heteroatoms. The third-order valence-corrected chi connectivity index (χ3v) is 4.46. The zero-order chi connectivity index (χ0) is 17.3. The van der Waals surface area contributed by atoms with Crippen molar-refractivity contribution in [3.63, 3.8) is 0 Å². The van der Waals surface area contributed by atoms with Crippen molar-refractivity contribution >= 4 is 0 Å². The second-order valence-electron chi connectivity index (χ2n) is 7.54. The van der Waals surface area contributed by atoms with Crippen LogP contribution in [0.3, 0.4) is 0 Å². The predicted octanol–water partition coefficient (Wildman–Crippen LogP) is 6.33. The van der Waals surface area contributed by atoms with Gasteiger partial charge in [0.25, 0.3) is 0 Å². The summed E-state index contributed by atoms with van der Waals surface area (Å²) in [5.74, 6) is 0. The molecule has 1 aromatic heterocycles. The minimum Gasteiger partial charge on any atom is -0.256 e. The first-order valence-electron chi connectivity index (χ1n) is 8.50. The minimum absolute atomic E-state index is 0.126. The number of aromatic nitrogens is 1. The number of pyridine rings is 1. The molecule has 0 bridgehead atoms. The molecule has 0 fully saturated rings. The van der Waals surface area contributed by atoms with E-state index in [1.165, 1.54) is 33.4 Å². The summed E-state index contributed by atoms with van der Waals surface area (Å²) in [6, 6.07) is 19.6. The first-order chi connectivity index (χ1) is 11.4. The lowest BCUT2D eigenvalue weighted by atomic mass is 9.81. The summed E-state index contributed by atoms with van der Waals surface area (Å²) in [6.45, 7) is 11.1. The monoisotopic (exact) mass is 315 g/mol. The van der Waals surface area contributed by atoms with Crippen LogP contribution in [0.2, 0.25) is 0 Å². The molecule has 0 atom stereocenters. The summed E-state index contributed by atoms with van der Waals surface area (Å²) in [6.07, 6.45) is 1.88. The van der Waals surface area contributed by atoms with Crippen molar-refractivity contribution in [2.75, 3.05) is 0 Å². The largest absolute Gasteiger partial charge is 0.256 e. The van der Waals surface area contributed by atoms with Crippen LogP contribution < -0.4 is 0 Å². The standard InChI is InChI=1S/C23H25N/c1-16-12-13-24-22(14-16)19-11-10-18(15-17(19)2)20-8-6-7-9-21(20)23(3,4)5/h6-15H,1-5H3. The fourth-order valence-corrected chi connectivity index (χ4v) is 3.19. The van der Waals surface area contributed by atoms with Gasteiger partial charge in [-0.3, -0.25) is 4.98 Å². The van der Waals surface area contributed by atoms with Crippen molar-refractivity contribution in [1.29, 1.82) is 0 Å². The van der Waals surface area contributed by atoms with E-state index in [-0.39, 0.29) is 5.41 Å². The van der Waals surface area contributed by atoms with Crippen LogP contribution in [0.15, 0.2) is 60.8 Å². The van der Waals surface area contributed by atoms with Gasteiger partial charge in [-0.15, -0.1) is 0 Å². The van der Waals surface area contributed by atoms with Crippen LogP contribution in [0.4, 0.5) is 0 Å². The van der Waals surface area contributed by atoms with Crippen LogP contribution in [0, 0.1) is 13.8 Å². The van der Waals surface area contributed by atoms with Crippen LogP contribution in [0.25, 0.3) is 22.4 Å². The molecule has 24 heavy (non-hydrogen) atoms. The van der Waals surface area contributed by atoms with Crippen LogP contribution in [-0.4, -0.2) is 4.98 Å². The van der Waals surface area contributed by atoms with Crippen molar-refractivity contribution in [2.24, 2.45) is 0 Å². The number of nitrogens with zero attached hydrogens (tertiary/aromatic N) is 1. The van der Waals surface area contributed by atoms with Gasteiger partial charge in [-0.05, 0) is 59.2 Å². The molecule has 3 rings (SSSR count). The van der Waals surface area contributed by atoms with Crippen LogP contribution in [0.1, 0.15) is 37.5 Å². The third-order valence-electron chi connectivity index (χ3n) is 4.46. The summed E-state index contributed by atoms with van der Waals surface area (Å²) in [5, 5.41) is 0. The Morgan fingerprint density at radius 2 is 1.54 bits per heavy atom. The minimum atomic E-state index is 0.126. The highest BCUT2D eigenvalue weighted by atomic mass is 14.7. The van der Waals surface area contributed by atoms with Gasteiger partial charge in [0.05, 0.1) is 5.69 Å². The summed E-state index contributed by atoms with van der Waals surface area (Å²) in [7, 11) is 0. The van der Waals surface area contributed by atoms with Crippen molar-refractivity contribution in [3.8, 4) is 22.4 Å². The molecule has 0 aliphatic heterocycles. The van der Waals surface area contributed by atoms with Gasteiger partial charge in [-0.1, -0.05) is 63.2 Å². The lowest BCUT2D eigenvalue weighted by molar-refractivity contribution is 0.592. The highest BCUT2D eigenvalue weighted by Gasteiger charge is 2.18. The Kier molecular flexibility index (Phi) is 4.28. The fraction of sp³-hybridized carbons (Fsp3) is 0.261. The molecule has 0 radical (unpaired) electrons. The molecule has 1 heterocycles. The van der Waals surface area contributed by atoms with E-state index >= 15 is 0 Å². The van der Waals surface area contributed by atoms with Gasteiger partial charge >= 0.3 is 0 Å². The molecule has 0 unspecified atom stereocenters. The quantitative estimate of drug-likeness (QED) is 0.538. The summed E-state index contributed by atoms with van der Waals surface area (Å²) in [5.41, 5.74) is 8.84. The first kappa shape index (κ1) is 16.4. The van der Waals surface area contributed by atoms with Crippen LogP contribution in [0.5, 0.6) is 0 Å².